The predicted molar refractivity (Wildman–Crippen MR) is 106 cm³/mol. The van der Waals surface area contributed by atoms with Crippen LogP contribution in [0.4, 0.5) is 0 Å². The molecular formula is C20H22N4O2S. The highest BCUT2D eigenvalue weighted by Crippen LogP contribution is 2.22. The number of hydrogen-bond donors (Lipinski definition) is 0. The second-order valence-corrected chi connectivity index (χ2v) is 7.16. The van der Waals surface area contributed by atoms with E-state index in [1.165, 1.54) is 17.3 Å². The molecule has 0 radical (unpaired) electrons. The van der Waals surface area contributed by atoms with Crippen LogP contribution in [0.1, 0.15) is 42.1 Å². The summed E-state index contributed by atoms with van der Waals surface area (Å²) in [6.07, 6.45) is 1.08. The monoisotopic (exact) mass is 382 g/mol. The fourth-order valence-electron chi connectivity index (χ4n) is 2.60. The minimum absolute atomic E-state index is 0.0555. The number of ether oxygens (including phenoxy) is 1. The van der Waals surface area contributed by atoms with Crippen LogP contribution in [0.2, 0.25) is 0 Å². The van der Waals surface area contributed by atoms with E-state index in [1.807, 2.05) is 48.5 Å². The second-order valence-electron chi connectivity index (χ2n) is 6.21. The summed E-state index contributed by atoms with van der Waals surface area (Å²) in [6.45, 7) is 4.35. The minimum Gasteiger partial charge on any atom is -0.497 e. The Labute approximate surface area is 162 Å². The van der Waals surface area contributed by atoms with Gasteiger partial charge in [0.1, 0.15) is 5.75 Å². The first kappa shape index (κ1) is 19.1. The summed E-state index contributed by atoms with van der Waals surface area (Å²) >= 11 is 1.32. The Hall–Kier alpha value is -2.67. The van der Waals surface area contributed by atoms with Gasteiger partial charge in [0.15, 0.2) is 5.78 Å². The molecule has 140 valence electrons. The van der Waals surface area contributed by atoms with Crippen LogP contribution in [-0.2, 0) is 0 Å². The van der Waals surface area contributed by atoms with Crippen molar-refractivity contribution in [1.29, 1.82) is 0 Å². The van der Waals surface area contributed by atoms with Gasteiger partial charge in [0, 0.05) is 5.56 Å². The number of carbonyl (C=O) groups excluding carboxylic acids is 1. The van der Waals surface area contributed by atoms with Gasteiger partial charge >= 0.3 is 0 Å². The lowest BCUT2D eigenvalue weighted by molar-refractivity contribution is 0.102. The number of benzene rings is 2. The average Bonchev–Trinajstić information content (AvgIpc) is 3.20. The van der Waals surface area contributed by atoms with E-state index in [-0.39, 0.29) is 11.5 Å². The highest BCUT2D eigenvalue weighted by molar-refractivity contribution is 7.99. The zero-order valence-corrected chi connectivity index (χ0v) is 16.4. The van der Waals surface area contributed by atoms with Gasteiger partial charge in [0.2, 0.25) is 5.16 Å². The first-order valence-corrected chi connectivity index (χ1v) is 9.79. The summed E-state index contributed by atoms with van der Waals surface area (Å²) < 4.78 is 6.78. The minimum atomic E-state index is 0.0555. The van der Waals surface area contributed by atoms with Crippen LogP contribution in [0.5, 0.6) is 5.75 Å². The van der Waals surface area contributed by atoms with Crippen molar-refractivity contribution < 1.29 is 9.53 Å². The van der Waals surface area contributed by atoms with Crippen LogP contribution >= 0.6 is 11.8 Å². The van der Waals surface area contributed by atoms with E-state index in [0.717, 1.165) is 17.9 Å². The first-order valence-electron chi connectivity index (χ1n) is 8.81. The molecule has 2 aromatic carbocycles. The summed E-state index contributed by atoms with van der Waals surface area (Å²) in [5, 5.41) is 12.4. The zero-order valence-electron chi connectivity index (χ0n) is 15.6. The number of aromatic nitrogens is 4. The fraction of sp³-hybridized carbons (Fsp3) is 0.300. The van der Waals surface area contributed by atoms with E-state index < -0.39 is 0 Å². The molecule has 3 rings (SSSR count). The third kappa shape index (κ3) is 4.54. The summed E-state index contributed by atoms with van der Waals surface area (Å²) in [7, 11) is 1.62. The van der Waals surface area contributed by atoms with Crippen molar-refractivity contribution >= 4 is 17.5 Å². The topological polar surface area (TPSA) is 69.9 Å². The smallest absolute Gasteiger partial charge is 0.214 e. The highest BCUT2D eigenvalue weighted by Gasteiger charge is 2.13. The molecule has 0 amide bonds. The molecule has 0 spiro atoms. The van der Waals surface area contributed by atoms with Crippen LogP contribution < -0.4 is 4.74 Å². The van der Waals surface area contributed by atoms with E-state index in [9.17, 15) is 4.79 Å². The maximum atomic E-state index is 12.5. The van der Waals surface area contributed by atoms with E-state index in [2.05, 4.69) is 29.4 Å². The molecule has 0 aliphatic carbocycles. The Kier molecular flexibility index (Phi) is 6.24. The summed E-state index contributed by atoms with van der Waals surface area (Å²) in [6, 6.07) is 15.3. The average molecular weight is 382 g/mol. The zero-order chi connectivity index (χ0) is 19.2. The third-order valence-electron chi connectivity index (χ3n) is 4.50. The third-order valence-corrected chi connectivity index (χ3v) is 5.42. The highest BCUT2D eigenvalue weighted by atomic mass is 32.2. The van der Waals surface area contributed by atoms with Gasteiger partial charge in [-0.3, -0.25) is 4.79 Å². The van der Waals surface area contributed by atoms with Crippen LogP contribution in [-0.4, -0.2) is 38.9 Å². The predicted octanol–water partition coefficient (Wildman–Crippen LogP) is 4.16. The van der Waals surface area contributed by atoms with Gasteiger partial charge < -0.3 is 4.74 Å². The normalized spacial score (nSPS) is 12.0. The van der Waals surface area contributed by atoms with Crippen LogP contribution in [0, 0.1) is 0 Å². The maximum absolute atomic E-state index is 12.5. The lowest BCUT2D eigenvalue weighted by Crippen LogP contribution is -2.05. The van der Waals surface area contributed by atoms with Crippen molar-refractivity contribution in [3.63, 3.8) is 0 Å². The van der Waals surface area contributed by atoms with Gasteiger partial charge in [-0.2, -0.15) is 4.68 Å². The Morgan fingerprint density at radius 2 is 1.85 bits per heavy atom. The Balaban J connectivity index is 1.66. The molecule has 1 atom stereocenters. The molecule has 3 aromatic rings. The van der Waals surface area contributed by atoms with Crippen molar-refractivity contribution in [3.8, 4) is 11.4 Å². The van der Waals surface area contributed by atoms with Gasteiger partial charge in [-0.15, -0.1) is 5.10 Å². The Morgan fingerprint density at radius 3 is 2.48 bits per heavy atom. The van der Waals surface area contributed by atoms with Crippen molar-refractivity contribution in [2.75, 3.05) is 12.9 Å². The number of rotatable bonds is 8. The number of carbonyl (C=O) groups is 1. The standard InChI is InChI=1S/C20H22N4O2S/c1-4-14(2)15-5-7-16(8-6-15)19(25)13-27-20-21-22-23-24(20)17-9-11-18(26-3)12-10-17/h5-12,14H,4,13H2,1-3H3/t14-/m1/s1. The number of hydrogen-bond acceptors (Lipinski definition) is 6. The van der Waals surface area contributed by atoms with Gasteiger partial charge in [-0.05, 0) is 52.6 Å². The van der Waals surface area contributed by atoms with Gasteiger partial charge in [0.05, 0.1) is 18.6 Å². The van der Waals surface area contributed by atoms with Crippen molar-refractivity contribution in [2.24, 2.45) is 0 Å². The summed E-state index contributed by atoms with van der Waals surface area (Å²) in [5.74, 6) is 1.59. The molecule has 1 heterocycles. The molecule has 0 bridgehead atoms. The molecule has 27 heavy (non-hydrogen) atoms. The van der Waals surface area contributed by atoms with Gasteiger partial charge in [-0.25, -0.2) is 0 Å². The van der Waals surface area contributed by atoms with Crippen molar-refractivity contribution in [2.45, 2.75) is 31.3 Å². The van der Waals surface area contributed by atoms with Gasteiger partial charge in [-0.1, -0.05) is 49.9 Å². The molecule has 0 unspecified atom stereocenters. The first-order chi connectivity index (χ1) is 13.1. The van der Waals surface area contributed by atoms with E-state index in [1.54, 1.807) is 11.8 Å². The molecule has 0 aliphatic heterocycles. The van der Waals surface area contributed by atoms with E-state index >= 15 is 0 Å². The number of thioether (sulfide) groups is 1. The lowest BCUT2D eigenvalue weighted by Gasteiger charge is -2.09. The molecule has 7 heteroatoms. The summed E-state index contributed by atoms with van der Waals surface area (Å²) in [5.41, 5.74) is 2.77. The number of ketones is 1. The van der Waals surface area contributed by atoms with Crippen molar-refractivity contribution in [1.82, 2.24) is 20.2 Å². The molecule has 0 saturated carbocycles. The Bertz CT molecular complexity index is 891. The fourth-order valence-corrected chi connectivity index (χ4v) is 3.39. The molecule has 0 fully saturated rings. The second kappa shape index (κ2) is 8.81. The van der Waals surface area contributed by atoms with Crippen molar-refractivity contribution in [3.05, 3.63) is 59.7 Å². The van der Waals surface area contributed by atoms with Gasteiger partial charge in [0.25, 0.3) is 0 Å². The number of Topliss-reactive ketones (excluding diaryl/α,β-unsaturated/α-hetero) is 1. The Morgan fingerprint density at radius 1 is 1.15 bits per heavy atom. The molecule has 0 N–H and O–H groups in total. The van der Waals surface area contributed by atoms with Crippen LogP contribution in [0.3, 0.4) is 0 Å². The van der Waals surface area contributed by atoms with Crippen LogP contribution in [0.25, 0.3) is 5.69 Å². The number of tetrazole rings is 1. The maximum Gasteiger partial charge on any atom is 0.214 e. The quantitative estimate of drug-likeness (QED) is 0.430. The van der Waals surface area contributed by atoms with E-state index in [4.69, 9.17) is 4.74 Å². The largest absolute Gasteiger partial charge is 0.497 e. The van der Waals surface area contributed by atoms with E-state index in [0.29, 0.717) is 16.6 Å². The molecule has 0 aliphatic rings. The molecular weight excluding hydrogens is 360 g/mol. The molecule has 1 aromatic heterocycles. The molecule has 6 nitrogen and oxygen atoms in total. The molecule has 0 saturated heterocycles. The number of methoxy groups -OCH3 is 1. The summed E-state index contributed by atoms with van der Waals surface area (Å²) in [4.78, 5) is 12.5. The lowest BCUT2D eigenvalue weighted by atomic mass is 9.97. The number of nitrogens with zero attached hydrogens (tertiary/aromatic N) is 4. The SMILES string of the molecule is CC[C@@H](C)c1ccc(C(=O)CSc2nnnn2-c2ccc(OC)cc2)cc1. The van der Waals surface area contributed by atoms with Crippen LogP contribution in [0.15, 0.2) is 53.7 Å².